The van der Waals surface area contributed by atoms with Crippen molar-refractivity contribution in [3.63, 3.8) is 0 Å². The molecule has 102 heavy (non-hydrogen) atoms. The molecule has 4 fully saturated rings. The number of carbonyl (C=O) groups excluding carboxylic acids is 11. The van der Waals surface area contributed by atoms with E-state index in [2.05, 4.69) is 10.6 Å². The molecule has 10 atom stereocenters. The van der Waals surface area contributed by atoms with Crippen molar-refractivity contribution in [3.05, 3.63) is 70.3 Å². The molecule has 2 aliphatic heterocycles. The number of ether oxygens (including phenoxy) is 1. The lowest BCUT2D eigenvalue weighted by Gasteiger charge is -2.45. The van der Waals surface area contributed by atoms with Crippen LogP contribution in [0.15, 0.2) is 36.4 Å². The molecule has 0 aromatic heterocycles. The van der Waals surface area contributed by atoms with Crippen molar-refractivity contribution in [3.8, 4) is 0 Å². The number of benzene rings is 2. The van der Waals surface area contributed by atoms with Crippen LogP contribution >= 0.6 is 0 Å². The van der Waals surface area contributed by atoms with Gasteiger partial charge in [-0.05, 0) is 147 Å². The summed E-state index contributed by atoms with van der Waals surface area (Å²) in [6, 6.07) is -1.88. The Balaban J connectivity index is 1.16. The zero-order chi connectivity index (χ0) is 76.4. The summed E-state index contributed by atoms with van der Waals surface area (Å²) in [6.07, 6.45) is -0.934. The van der Waals surface area contributed by atoms with Crippen molar-refractivity contribution in [1.29, 1.82) is 0 Å². The summed E-state index contributed by atoms with van der Waals surface area (Å²) in [4.78, 5) is 171. The Kier molecular flexibility index (Phi) is 28.6. The van der Waals surface area contributed by atoms with Gasteiger partial charge in [-0.25, -0.2) is 13.6 Å². The van der Waals surface area contributed by atoms with Gasteiger partial charge in [0.05, 0.1) is 12.5 Å². The first kappa shape index (κ1) is 83.2. The molecule has 2 aromatic rings. The molecular weight excluding hydrogens is 1330 g/mol. The Morgan fingerprint density at radius 1 is 0.686 bits per heavy atom. The topological polar surface area (TPSA) is 273 Å². The number of halogens is 5. The number of likely N-dealkylation sites (N-methyl/N-ethyl adjacent to an activating group) is 6. The molecule has 4 aliphatic rings. The first-order valence-electron chi connectivity index (χ1n) is 36.0. The molecule has 568 valence electrons. The predicted octanol–water partition coefficient (Wildman–Crippen LogP) is 6.95. The molecule has 2 saturated heterocycles. The third kappa shape index (κ3) is 19.9. The van der Waals surface area contributed by atoms with Gasteiger partial charge in [0, 0.05) is 68.3 Å². The number of carbonyl (C=O) groups is 11. The number of aryl methyl sites for hydroxylation is 2. The van der Waals surface area contributed by atoms with E-state index in [0.29, 0.717) is 57.1 Å². The van der Waals surface area contributed by atoms with E-state index < -0.39 is 172 Å². The maximum atomic E-state index is 15.4. The maximum Gasteiger partial charge on any atom is 0.422 e. The first-order valence-corrected chi connectivity index (χ1v) is 36.0. The normalized spacial score (nSPS) is 19.2. The fourth-order valence-corrected chi connectivity index (χ4v) is 14.5. The molecule has 2 saturated carbocycles. The van der Waals surface area contributed by atoms with Crippen molar-refractivity contribution in [2.75, 3.05) is 61.9 Å². The zero-order valence-electron chi connectivity index (χ0n) is 62.5. The van der Waals surface area contributed by atoms with Crippen LogP contribution < -0.4 is 16.4 Å². The number of nitrogens with one attached hydrogen (secondary N) is 2. The van der Waals surface area contributed by atoms with Gasteiger partial charge in [0.1, 0.15) is 76.7 Å². The smallest absolute Gasteiger partial charge is 0.422 e. The van der Waals surface area contributed by atoms with Gasteiger partial charge >= 0.3 is 12.1 Å². The summed E-state index contributed by atoms with van der Waals surface area (Å²) >= 11 is 0. The number of alkyl halides is 3. The summed E-state index contributed by atoms with van der Waals surface area (Å²) in [5.74, 6) is -11.5. The van der Waals surface area contributed by atoms with Crippen LogP contribution in [0.2, 0.25) is 0 Å². The molecular formula is C74H110F5N11O12. The Bertz CT molecular complexity index is 3330. The quantitative estimate of drug-likeness (QED) is 0.0529. The van der Waals surface area contributed by atoms with Crippen LogP contribution in [0.5, 0.6) is 0 Å². The Labute approximate surface area is 597 Å². The number of likely N-dealkylation sites (tertiary alicyclic amines) is 2. The van der Waals surface area contributed by atoms with Crippen molar-refractivity contribution in [1.82, 2.24) is 49.8 Å². The first-order chi connectivity index (χ1) is 47.6. The number of rotatable bonds is 30. The van der Waals surface area contributed by atoms with Crippen molar-refractivity contribution >= 4 is 65.0 Å². The Hall–Kier alpha value is -7.78. The second-order valence-corrected chi connectivity index (χ2v) is 30.2. The highest BCUT2D eigenvalue weighted by Gasteiger charge is 2.52. The van der Waals surface area contributed by atoms with E-state index in [1.54, 1.807) is 34.6 Å². The summed E-state index contributed by atoms with van der Waals surface area (Å²) < 4.78 is 74.4. The number of hydrogen-bond donors (Lipinski definition) is 3. The van der Waals surface area contributed by atoms with E-state index in [-0.39, 0.29) is 76.1 Å². The minimum Gasteiger partial charge on any atom is -0.458 e. The highest BCUT2D eigenvalue weighted by atomic mass is 19.4. The van der Waals surface area contributed by atoms with Crippen molar-refractivity contribution < 1.29 is 79.4 Å². The lowest BCUT2D eigenvalue weighted by atomic mass is 9.90. The van der Waals surface area contributed by atoms with Gasteiger partial charge < -0.3 is 60.3 Å². The van der Waals surface area contributed by atoms with Crippen LogP contribution in [0.4, 0.5) is 22.0 Å². The molecule has 10 amide bonds. The van der Waals surface area contributed by atoms with Crippen LogP contribution in [0, 0.1) is 36.3 Å². The monoisotopic (exact) mass is 1440 g/mol. The molecule has 23 nitrogen and oxygen atoms in total. The number of nitrogens with zero attached hydrogens (tertiary/aromatic N) is 8. The highest BCUT2D eigenvalue weighted by Crippen LogP contribution is 2.38. The highest BCUT2D eigenvalue weighted by molar-refractivity contribution is 6.00. The number of esters is 1. The van der Waals surface area contributed by atoms with E-state index in [9.17, 15) is 65.1 Å². The molecule has 6 rings (SSSR count). The molecule has 2 aromatic carbocycles. The summed E-state index contributed by atoms with van der Waals surface area (Å²) in [5.41, 5.74) is 3.52. The third-order valence-corrected chi connectivity index (χ3v) is 21.0. The second-order valence-electron chi connectivity index (χ2n) is 30.2. The van der Waals surface area contributed by atoms with Crippen molar-refractivity contribution in [2.24, 2.45) is 23.5 Å². The van der Waals surface area contributed by atoms with Gasteiger partial charge in [0.15, 0.2) is 0 Å². The summed E-state index contributed by atoms with van der Waals surface area (Å²) in [7, 11) is 8.62. The van der Waals surface area contributed by atoms with Gasteiger partial charge in [0.2, 0.25) is 59.1 Å². The van der Waals surface area contributed by atoms with E-state index in [4.69, 9.17) is 10.5 Å². The number of amides is 10. The van der Waals surface area contributed by atoms with Crippen LogP contribution in [0.1, 0.15) is 181 Å². The minimum atomic E-state index is -5.27. The number of nitrogens with two attached hydrogens (primary N) is 1. The van der Waals surface area contributed by atoms with E-state index >= 15 is 9.59 Å². The molecule has 4 N–H and O–H groups in total. The Morgan fingerprint density at radius 3 is 1.79 bits per heavy atom. The van der Waals surface area contributed by atoms with Gasteiger partial charge in [-0.1, -0.05) is 89.6 Å². The van der Waals surface area contributed by atoms with Gasteiger partial charge in [-0.2, -0.15) is 13.2 Å². The molecule has 0 unspecified atom stereocenters. The molecule has 28 heteroatoms. The summed E-state index contributed by atoms with van der Waals surface area (Å²) in [6.45, 7) is 18.2. The van der Waals surface area contributed by atoms with Crippen LogP contribution in [-0.4, -0.2) is 232 Å². The average Bonchev–Trinajstić information content (AvgIpc) is 1.73. The lowest BCUT2D eigenvalue weighted by molar-refractivity contribution is -0.169. The minimum absolute atomic E-state index is 0.0962. The predicted molar refractivity (Wildman–Crippen MR) is 372 cm³/mol. The van der Waals surface area contributed by atoms with Gasteiger partial charge in [-0.15, -0.1) is 0 Å². The second kappa shape index (κ2) is 35.1. The maximum absolute atomic E-state index is 15.4. The van der Waals surface area contributed by atoms with E-state index in [0.717, 1.165) is 28.9 Å². The van der Waals surface area contributed by atoms with Crippen LogP contribution in [-0.2, 0) is 76.5 Å². The third-order valence-electron chi connectivity index (χ3n) is 21.0. The zero-order valence-corrected chi connectivity index (χ0v) is 62.5. The van der Waals surface area contributed by atoms with Crippen LogP contribution in [0.25, 0.3) is 0 Å². The molecule has 2 heterocycles. The van der Waals surface area contributed by atoms with E-state index in [1.165, 1.54) is 83.5 Å². The molecule has 0 spiro atoms. The molecule has 0 radical (unpaired) electrons. The van der Waals surface area contributed by atoms with Gasteiger partial charge in [0.25, 0.3) is 0 Å². The fraction of sp³-hybridized carbons (Fsp3) is 0.689. The molecule has 0 bridgehead atoms. The molecule has 2 aliphatic carbocycles. The standard InChI is InChI=1S/C74H110F5N11O12/c1-17-45(6)60(68(98)84(13)46(7)64(94)90-37-33-54(90)67(97)88(18-2)57(70(100)102-72(8,9)10)41-47-29-27-44(5)28-30-47)81-62(92)55(38-43(3)4)85(14)58(91)42-56(66(96)83(11)12)86(15)69(99)61(49-24-19-20-25-49)87(16)71(101)73(34-21-22-35-73)82-63(93)53-26-23-36-89(53)65(95)52(80)32-31-48-39-50(75)59(51(76)40-48)74(77,78)79/h27-30,39-40,43,45-46,49,52-57,60-61H,17-26,31-38,41-42,80H2,1-16H3,(H,81,92)(H,82,93)/t45-,46-,52-,53-,54-,55-,56-,57-,60-,61-/m0/s1. The SMILES string of the molecule is CC[C@H](C)[C@H](NC(=O)[C@H](CC(C)C)N(C)C(=O)C[C@@H](C(=O)N(C)C)N(C)C(=O)[C@H](C1CCCC1)N(C)C(=O)C1(NC(=O)[C@@H]2CCCN2C(=O)[C@@H](N)CCc2cc(F)c(C(F)(F)F)c(F)c2)CCCC1)C(=O)N(C)[C@@H](C)C(=O)N1CC[C@H]1C(=O)N(CC)[C@@H](Cc1ccc(C)cc1)C(=O)OC(C)(C)C. The number of hydrogen-bond acceptors (Lipinski definition) is 13. The largest absolute Gasteiger partial charge is 0.458 e. The Morgan fingerprint density at radius 2 is 1.27 bits per heavy atom. The van der Waals surface area contributed by atoms with Crippen molar-refractivity contribution in [2.45, 2.75) is 250 Å². The fourth-order valence-electron chi connectivity index (χ4n) is 14.5. The van der Waals surface area contributed by atoms with Gasteiger partial charge in [-0.3, -0.25) is 47.9 Å². The lowest BCUT2D eigenvalue weighted by Crippen LogP contribution is -2.65. The average molecular weight is 1440 g/mol. The van der Waals surface area contributed by atoms with Crippen LogP contribution in [0.3, 0.4) is 0 Å². The summed E-state index contributed by atoms with van der Waals surface area (Å²) in [5, 5.41) is 5.89. The van der Waals surface area contributed by atoms with E-state index in [1.807, 2.05) is 52.0 Å².